The molecular formula is C16H24CuN5O5S+. The summed E-state index contributed by atoms with van der Waals surface area (Å²) < 4.78 is 2.11. The van der Waals surface area contributed by atoms with E-state index in [1.165, 1.54) is 4.88 Å². The molecule has 0 aromatic carbocycles. The monoisotopic (exact) mass is 461 g/mol. The summed E-state index contributed by atoms with van der Waals surface area (Å²) >= 11 is 1.65. The van der Waals surface area contributed by atoms with Crippen LogP contribution in [0.2, 0.25) is 0 Å². The number of anilines is 1. The smallest absolute Gasteiger partial charge is 0.666 e. The molecule has 2 rings (SSSR count). The van der Waals surface area contributed by atoms with Crippen LogP contribution in [0, 0.1) is 20.4 Å². The van der Waals surface area contributed by atoms with Crippen molar-refractivity contribution in [2.75, 3.05) is 12.3 Å². The first kappa shape index (κ1) is 28.1. The molecule has 12 heteroatoms. The molecule has 10 nitrogen and oxygen atoms in total. The van der Waals surface area contributed by atoms with Crippen LogP contribution in [0.15, 0.2) is 11.7 Å². The Labute approximate surface area is 177 Å². The predicted octanol–water partition coefficient (Wildman–Crippen LogP) is 0.981. The second kappa shape index (κ2) is 14.9. The van der Waals surface area contributed by atoms with Crippen LogP contribution in [0.4, 0.5) is 5.82 Å². The minimum Gasteiger partial charge on any atom is -0.666 e. The third kappa shape index (κ3) is 11.6. The van der Waals surface area contributed by atoms with Crippen LogP contribution in [0.25, 0.3) is 5.73 Å². The number of aliphatic carboxylic acids is 2. The van der Waals surface area contributed by atoms with E-state index in [2.05, 4.69) is 14.5 Å². The number of aryl methyl sites for hydroxylation is 1. The second-order valence-electron chi connectivity index (χ2n) is 5.16. The summed E-state index contributed by atoms with van der Waals surface area (Å²) in [5, 5.41) is 23.9. The summed E-state index contributed by atoms with van der Waals surface area (Å²) in [6.07, 6.45) is 2.47. The van der Waals surface area contributed by atoms with Crippen molar-refractivity contribution in [3.63, 3.8) is 0 Å². The molecular weight excluding hydrogens is 438 g/mol. The van der Waals surface area contributed by atoms with Crippen molar-refractivity contribution in [3.8, 4) is 0 Å². The zero-order chi connectivity index (χ0) is 21.0. The van der Waals surface area contributed by atoms with E-state index in [4.69, 9.17) is 36.4 Å². The minimum atomic E-state index is -1.20. The maximum Gasteiger partial charge on any atom is 1.00 e. The first-order valence-electron chi connectivity index (χ1n) is 7.70. The molecule has 159 valence electrons. The van der Waals surface area contributed by atoms with Crippen LogP contribution in [-0.4, -0.2) is 43.8 Å². The van der Waals surface area contributed by atoms with E-state index >= 15 is 0 Å². The molecule has 0 atom stereocenters. The van der Waals surface area contributed by atoms with Crippen molar-refractivity contribution in [1.82, 2.24) is 9.97 Å². The van der Waals surface area contributed by atoms with Crippen molar-refractivity contribution in [1.29, 1.82) is 0 Å². The molecule has 0 bridgehead atoms. The van der Waals surface area contributed by atoms with Crippen molar-refractivity contribution in [2.45, 2.75) is 33.7 Å². The number of nitrogens with two attached hydrogens (primary N) is 1. The van der Waals surface area contributed by atoms with Gasteiger partial charge < -0.3 is 26.8 Å². The number of nitrogen functional groups attached to an aromatic ring is 1. The van der Waals surface area contributed by atoms with Gasteiger partial charge in [0.05, 0.1) is 10.4 Å². The molecule has 0 aliphatic heterocycles. The number of aromatic nitrogens is 3. The van der Waals surface area contributed by atoms with Gasteiger partial charge in [-0.2, -0.15) is 4.57 Å². The molecule has 0 spiro atoms. The number of hydrogen-bond donors (Lipinski definition) is 4. The van der Waals surface area contributed by atoms with E-state index in [0.29, 0.717) is 31.2 Å². The summed E-state index contributed by atoms with van der Waals surface area (Å²) in [7, 11) is 0. The average Bonchev–Trinajstić information content (AvgIpc) is 2.91. The molecule has 0 aliphatic carbocycles. The van der Waals surface area contributed by atoms with E-state index in [1.54, 1.807) is 17.5 Å². The molecule has 0 saturated carbocycles. The Morgan fingerprint density at radius 2 is 1.89 bits per heavy atom. The Kier molecular flexibility index (Phi) is 14.9. The van der Waals surface area contributed by atoms with Crippen LogP contribution in [-0.2, 0) is 39.6 Å². The van der Waals surface area contributed by atoms with Crippen LogP contribution in [0.3, 0.4) is 0 Å². The molecule has 2 aromatic rings. The van der Waals surface area contributed by atoms with Gasteiger partial charge in [-0.05, 0) is 13.5 Å². The van der Waals surface area contributed by atoms with Gasteiger partial charge in [-0.1, -0.05) is 11.3 Å². The van der Waals surface area contributed by atoms with E-state index < -0.39 is 11.9 Å². The third-order valence-corrected chi connectivity index (χ3v) is 4.12. The number of nitrogens with one attached hydrogen (secondary N) is 1. The first-order chi connectivity index (χ1) is 12.6. The molecule has 2 heterocycles. The summed E-state index contributed by atoms with van der Waals surface area (Å²) in [6.45, 7) is 6.13. The number of aliphatic hydroxyl groups excluding tert-OH is 1. The zero-order valence-corrected chi connectivity index (χ0v) is 17.4. The van der Waals surface area contributed by atoms with E-state index in [0.717, 1.165) is 18.2 Å². The van der Waals surface area contributed by atoms with Gasteiger partial charge in [-0.25, -0.2) is 9.97 Å². The number of rotatable bonds is 5. The predicted molar refractivity (Wildman–Crippen MR) is 99.9 cm³/mol. The summed E-state index contributed by atoms with van der Waals surface area (Å²) in [5.41, 5.74) is 15.9. The summed E-state index contributed by atoms with van der Waals surface area (Å²) in [6, 6.07) is 0. The zero-order valence-electron chi connectivity index (χ0n) is 15.6. The fraction of sp³-hybridized carbons (Fsp3) is 0.375. The number of hydrogen-bond acceptors (Lipinski definition) is 7. The average molecular weight is 462 g/mol. The van der Waals surface area contributed by atoms with E-state index in [1.807, 2.05) is 19.4 Å². The first-order valence-corrected chi connectivity index (χ1v) is 8.58. The minimum absolute atomic E-state index is 0. The number of thiazole rings is 1. The molecule has 2 aromatic heterocycles. The number of carboxylic acid groups (broad SMARTS) is 2. The number of nitrogens with zero attached hydrogens (tertiary/aromatic N) is 3. The number of aliphatic hydroxyl groups is 1. The molecule has 0 amide bonds. The quantitative estimate of drug-likeness (QED) is 0.376. The van der Waals surface area contributed by atoms with Gasteiger partial charge in [0.2, 0.25) is 5.51 Å². The van der Waals surface area contributed by atoms with Crippen molar-refractivity contribution >= 4 is 29.1 Å². The second-order valence-corrected chi connectivity index (χ2v) is 6.10. The molecule has 6 N–H and O–H groups in total. The summed E-state index contributed by atoms with van der Waals surface area (Å²) in [5.74, 6) is -0.821. The fourth-order valence-electron chi connectivity index (χ4n) is 1.77. The standard InChI is InChI=1S/C12H17N4OS.C2H3NO2.C2H4O2.Cu/c1-8-11(3-4-17)18-7-16(8)6-10-5-14-9(2)15-12(10)13;3-1-2(4)5;1-2(3)4;/h5,7,17H,3-4,6H2,1-2H3,(H2,13,14,15);1,3H,(H,4,5);1H3,(H,3,4);/q+1;-1;;+1. The van der Waals surface area contributed by atoms with Gasteiger partial charge in [0.15, 0.2) is 12.2 Å². The van der Waals surface area contributed by atoms with Gasteiger partial charge in [0, 0.05) is 33.1 Å². The third-order valence-electron chi connectivity index (χ3n) is 2.98. The molecule has 0 fully saturated rings. The molecule has 1 radical (unpaired) electrons. The largest absolute Gasteiger partial charge is 1.00 e. The molecule has 0 unspecified atom stereocenters. The Hall–Kier alpha value is -2.11. The Morgan fingerprint density at radius 3 is 2.32 bits per heavy atom. The Morgan fingerprint density at radius 1 is 1.36 bits per heavy atom. The molecule has 28 heavy (non-hydrogen) atoms. The van der Waals surface area contributed by atoms with Crippen molar-refractivity contribution in [3.05, 3.63) is 45.9 Å². The van der Waals surface area contributed by atoms with Gasteiger partial charge in [-0.15, -0.1) is 0 Å². The number of carbonyl (C=O) groups is 2. The normalized spacial score (nSPS) is 9.18. The van der Waals surface area contributed by atoms with Gasteiger partial charge in [0.1, 0.15) is 11.6 Å². The Balaban J connectivity index is 0. The maximum atomic E-state index is 9.12. The number of carboxylic acids is 2. The summed E-state index contributed by atoms with van der Waals surface area (Å²) in [4.78, 5) is 27.7. The van der Waals surface area contributed by atoms with E-state index in [-0.39, 0.29) is 23.7 Å². The van der Waals surface area contributed by atoms with E-state index in [9.17, 15) is 0 Å². The SMILES string of the molecule is CC(=O)O.Cc1ncc(C[n+]2csc(CCO)c2C)c(N)n1.[Cu+].[NH-][CH]C(=O)O. The van der Waals surface area contributed by atoms with Gasteiger partial charge >= 0.3 is 17.1 Å². The maximum absolute atomic E-state index is 9.12. The van der Waals surface area contributed by atoms with Crippen LogP contribution in [0.1, 0.15) is 28.9 Å². The molecule has 0 aliphatic rings. The molecule has 0 saturated heterocycles. The van der Waals surface area contributed by atoms with Gasteiger partial charge in [-0.3, -0.25) is 9.59 Å². The van der Waals surface area contributed by atoms with Crippen LogP contribution in [0.5, 0.6) is 0 Å². The van der Waals surface area contributed by atoms with Crippen molar-refractivity contribution < 1.29 is 46.5 Å². The topological polar surface area (TPSA) is 174 Å². The van der Waals surface area contributed by atoms with Crippen molar-refractivity contribution in [2.24, 2.45) is 0 Å². The van der Waals surface area contributed by atoms with Gasteiger partial charge in [0.25, 0.3) is 11.9 Å². The van der Waals surface area contributed by atoms with Crippen LogP contribution >= 0.6 is 11.3 Å². The Bertz CT molecular complexity index is 753. The fourth-order valence-corrected chi connectivity index (χ4v) is 2.75. The van der Waals surface area contributed by atoms with Crippen LogP contribution < -0.4 is 10.3 Å².